The normalized spacial score (nSPS) is 12.1. The van der Waals surface area contributed by atoms with Gasteiger partial charge in [0.2, 0.25) is 0 Å². The number of H-pyrrole nitrogens is 1. The molecule has 0 radical (unpaired) electrons. The van der Waals surface area contributed by atoms with E-state index in [-0.39, 0.29) is 11.1 Å². The van der Waals surface area contributed by atoms with Crippen molar-refractivity contribution in [3.05, 3.63) is 52.1 Å². The Morgan fingerprint density at radius 2 is 2.03 bits per heavy atom. The highest BCUT2D eigenvalue weighted by Crippen LogP contribution is 2.24. The molecule has 0 aliphatic heterocycles. The van der Waals surface area contributed by atoms with Gasteiger partial charge in [0, 0.05) is 32.1 Å². The van der Waals surface area contributed by atoms with Crippen molar-refractivity contribution >= 4 is 28.3 Å². The maximum Gasteiger partial charge on any atom is 0.284 e. The van der Waals surface area contributed by atoms with E-state index in [1.165, 1.54) is 10.6 Å². The molecule has 4 rings (SSSR count). The molecule has 0 atom stereocenters. The molecule has 4 aromatic rings. The second-order valence-electron chi connectivity index (χ2n) is 7.33. The van der Waals surface area contributed by atoms with E-state index in [2.05, 4.69) is 20.2 Å². The van der Waals surface area contributed by atoms with Gasteiger partial charge in [0.15, 0.2) is 5.65 Å². The second kappa shape index (κ2) is 7.25. The first-order valence-corrected chi connectivity index (χ1v) is 9.65. The van der Waals surface area contributed by atoms with Crippen LogP contribution in [0.1, 0.15) is 29.9 Å². The highest BCUT2D eigenvalue weighted by Gasteiger charge is 2.20. The number of aromatic nitrogens is 5. The third-order valence-corrected chi connectivity index (χ3v) is 5.17. The Morgan fingerprint density at radius 3 is 2.73 bits per heavy atom. The van der Waals surface area contributed by atoms with E-state index in [1.807, 2.05) is 43.9 Å². The zero-order valence-electron chi connectivity index (χ0n) is 17.6. The number of carbonyl (C=O) groups is 1. The molecule has 9 nitrogen and oxygen atoms in total. The average molecular weight is 405 g/mol. The lowest BCUT2D eigenvalue weighted by molar-refractivity contribution is 0.100. The van der Waals surface area contributed by atoms with Crippen LogP contribution in [0.2, 0.25) is 0 Å². The summed E-state index contributed by atoms with van der Waals surface area (Å²) in [6.07, 6.45) is 1.80. The van der Waals surface area contributed by atoms with Crippen LogP contribution < -0.4 is 5.56 Å². The molecule has 9 heteroatoms. The summed E-state index contributed by atoms with van der Waals surface area (Å²) in [5.41, 5.74) is 3.19. The van der Waals surface area contributed by atoms with Gasteiger partial charge in [-0.1, -0.05) is 6.07 Å². The smallest absolute Gasteiger partial charge is 0.284 e. The topological polar surface area (TPSA) is 101 Å². The van der Waals surface area contributed by atoms with Crippen LogP contribution >= 0.6 is 0 Å². The van der Waals surface area contributed by atoms with Crippen LogP contribution in [0.25, 0.3) is 27.8 Å². The Kier molecular flexibility index (Phi) is 4.73. The fraction of sp³-hybridized carbons (Fsp3) is 0.286. The Bertz CT molecular complexity index is 1370. The van der Waals surface area contributed by atoms with Crippen LogP contribution in [0, 0.1) is 6.92 Å². The van der Waals surface area contributed by atoms with Gasteiger partial charge in [-0.25, -0.2) is 0 Å². The molecular weight excluding hydrogens is 382 g/mol. The molecule has 0 spiro atoms. The summed E-state index contributed by atoms with van der Waals surface area (Å²) in [6, 6.07) is 7.35. The van der Waals surface area contributed by atoms with Crippen molar-refractivity contribution in [1.29, 1.82) is 0 Å². The fourth-order valence-corrected chi connectivity index (χ4v) is 3.37. The maximum atomic E-state index is 12.8. The monoisotopic (exact) mass is 405 g/mol. The molecule has 154 valence electrons. The van der Waals surface area contributed by atoms with Crippen LogP contribution in [0.15, 0.2) is 40.2 Å². The number of amides is 1. The largest absolute Gasteiger partial charge is 0.366 e. The van der Waals surface area contributed by atoms with Crippen LogP contribution in [0.3, 0.4) is 0 Å². The third-order valence-electron chi connectivity index (χ3n) is 5.17. The molecule has 3 heterocycles. The summed E-state index contributed by atoms with van der Waals surface area (Å²) < 4.78 is 3.12. The Balaban J connectivity index is 1.88. The average Bonchev–Trinajstić information content (AvgIpc) is 3.27. The highest BCUT2D eigenvalue weighted by molar-refractivity contribution is 6.07. The van der Waals surface area contributed by atoms with E-state index in [9.17, 15) is 9.59 Å². The van der Waals surface area contributed by atoms with Crippen LogP contribution in [0.5, 0.6) is 0 Å². The summed E-state index contributed by atoms with van der Waals surface area (Å²) in [5.74, 6) is 0.122. The number of nitrogens with zero attached hydrogens (tertiary/aromatic N) is 6. The molecular formula is C21H23N7O2. The summed E-state index contributed by atoms with van der Waals surface area (Å²) in [7, 11) is 3.62. The van der Waals surface area contributed by atoms with Gasteiger partial charge in [-0.2, -0.15) is 19.7 Å². The number of rotatable bonds is 3. The molecule has 1 amide bonds. The first kappa shape index (κ1) is 19.6. The lowest BCUT2D eigenvalue weighted by Gasteiger charge is -2.10. The Morgan fingerprint density at radius 1 is 1.27 bits per heavy atom. The number of amidine groups is 1. The zero-order valence-corrected chi connectivity index (χ0v) is 17.6. The summed E-state index contributed by atoms with van der Waals surface area (Å²) in [4.78, 5) is 34.6. The van der Waals surface area contributed by atoms with E-state index in [1.54, 1.807) is 24.9 Å². The van der Waals surface area contributed by atoms with E-state index >= 15 is 0 Å². The number of aromatic amines is 1. The molecule has 0 saturated heterocycles. The number of hydrogen-bond acceptors (Lipinski definition) is 4. The lowest BCUT2D eigenvalue weighted by atomic mass is 10.1. The van der Waals surface area contributed by atoms with Gasteiger partial charge in [-0.3, -0.25) is 14.3 Å². The molecule has 0 aliphatic carbocycles. The quantitative estimate of drug-likeness (QED) is 0.417. The number of carbonyl (C=O) groups excluding carboxylic acids is 1. The summed E-state index contributed by atoms with van der Waals surface area (Å²) in [5, 5.41) is 9.58. The van der Waals surface area contributed by atoms with Gasteiger partial charge >= 0.3 is 0 Å². The van der Waals surface area contributed by atoms with Gasteiger partial charge in [0.1, 0.15) is 11.4 Å². The van der Waals surface area contributed by atoms with E-state index in [0.29, 0.717) is 22.9 Å². The molecule has 0 fully saturated rings. The van der Waals surface area contributed by atoms with Crippen molar-refractivity contribution in [2.75, 3.05) is 14.1 Å². The Labute approximate surface area is 172 Å². The minimum atomic E-state index is -0.443. The molecule has 0 saturated carbocycles. The van der Waals surface area contributed by atoms with Crippen molar-refractivity contribution in [3.8, 4) is 11.3 Å². The number of fused-ring (bicyclic) bond motifs is 2. The standard InChI is InChI=1S/C21H23N7O2/c1-6-27-17-8-7-14(9-15(17)11-22-27)16-10-18(29)28-20(24-16)19(12(2)25-28)21(30)23-13(3)26(4)5/h7-11,24H,6H2,1-5H3/b23-13-. The number of benzene rings is 1. The molecule has 30 heavy (non-hydrogen) atoms. The van der Waals surface area contributed by atoms with Crippen LogP contribution in [-0.2, 0) is 6.54 Å². The van der Waals surface area contributed by atoms with Gasteiger partial charge in [-0.15, -0.1) is 0 Å². The maximum absolute atomic E-state index is 12.8. The molecule has 0 aliphatic rings. The number of aryl methyl sites for hydroxylation is 2. The zero-order chi connectivity index (χ0) is 21.6. The van der Waals surface area contributed by atoms with Crippen molar-refractivity contribution in [2.24, 2.45) is 4.99 Å². The minimum absolute atomic E-state index is 0.287. The van der Waals surface area contributed by atoms with Gasteiger partial charge in [0.25, 0.3) is 11.5 Å². The predicted octanol–water partition coefficient (Wildman–Crippen LogP) is 2.49. The Hall–Kier alpha value is -3.75. The highest BCUT2D eigenvalue weighted by atomic mass is 16.1. The molecule has 1 N–H and O–H groups in total. The van der Waals surface area contributed by atoms with Crippen molar-refractivity contribution < 1.29 is 4.79 Å². The van der Waals surface area contributed by atoms with E-state index < -0.39 is 5.91 Å². The molecule has 1 aromatic carbocycles. The first-order chi connectivity index (χ1) is 14.3. The van der Waals surface area contributed by atoms with E-state index in [4.69, 9.17) is 0 Å². The number of hydrogen-bond donors (Lipinski definition) is 1. The van der Waals surface area contributed by atoms with Crippen LogP contribution in [0.4, 0.5) is 0 Å². The van der Waals surface area contributed by atoms with Crippen molar-refractivity contribution in [2.45, 2.75) is 27.3 Å². The molecule has 3 aromatic heterocycles. The van der Waals surface area contributed by atoms with Crippen molar-refractivity contribution in [1.82, 2.24) is 29.3 Å². The lowest BCUT2D eigenvalue weighted by Crippen LogP contribution is -2.20. The molecule has 0 bridgehead atoms. The number of nitrogens with one attached hydrogen (secondary N) is 1. The predicted molar refractivity (Wildman–Crippen MR) is 116 cm³/mol. The number of aliphatic imine (C=N–C) groups is 1. The minimum Gasteiger partial charge on any atom is -0.366 e. The first-order valence-electron chi connectivity index (χ1n) is 9.65. The summed E-state index contributed by atoms with van der Waals surface area (Å²) >= 11 is 0. The SMILES string of the molecule is CCn1ncc2cc(-c3cc(=O)n4nc(C)c(C(=O)/N=C(/C)N(C)C)c4[nH]3)ccc21. The van der Waals surface area contributed by atoms with Crippen LogP contribution in [-0.4, -0.2) is 55.1 Å². The molecule has 0 unspecified atom stereocenters. The second-order valence-corrected chi connectivity index (χ2v) is 7.33. The fourth-order valence-electron chi connectivity index (χ4n) is 3.37. The van der Waals surface area contributed by atoms with Gasteiger partial charge < -0.3 is 9.88 Å². The summed E-state index contributed by atoms with van der Waals surface area (Å²) in [6.45, 7) is 6.25. The van der Waals surface area contributed by atoms with Gasteiger partial charge in [0.05, 0.1) is 23.1 Å². The third kappa shape index (κ3) is 3.18. The van der Waals surface area contributed by atoms with E-state index in [0.717, 1.165) is 23.0 Å². The van der Waals surface area contributed by atoms with Gasteiger partial charge in [-0.05, 0) is 38.5 Å². The van der Waals surface area contributed by atoms with Crippen molar-refractivity contribution in [3.63, 3.8) is 0 Å².